The molecule has 2 rings (SSSR count). The van der Waals surface area contributed by atoms with E-state index >= 15 is 0 Å². The highest BCUT2D eigenvalue weighted by atomic mass is 32.2. The lowest BCUT2D eigenvalue weighted by atomic mass is 10.1. The molecule has 110 valence electrons. The first-order valence-corrected chi connectivity index (χ1v) is 9.29. The van der Waals surface area contributed by atoms with Gasteiger partial charge in [-0.3, -0.25) is 0 Å². The summed E-state index contributed by atoms with van der Waals surface area (Å²) in [7, 11) is -3.26. The topological polar surface area (TPSA) is 74.7 Å². The molecule has 1 atom stereocenters. The van der Waals surface area contributed by atoms with Crippen LogP contribution < -0.4 is 4.90 Å². The van der Waals surface area contributed by atoms with Crippen LogP contribution in [0.25, 0.3) is 0 Å². The number of aromatic carboxylic acids is 1. The fourth-order valence-electron chi connectivity index (χ4n) is 2.28. The Morgan fingerprint density at radius 3 is 2.75 bits per heavy atom. The van der Waals surface area contributed by atoms with Gasteiger partial charge in [0.2, 0.25) is 0 Å². The smallest absolute Gasteiger partial charge is 0.337 e. The summed E-state index contributed by atoms with van der Waals surface area (Å²) in [4.78, 5) is 13.1. The van der Waals surface area contributed by atoms with Gasteiger partial charge in [-0.2, -0.15) is 11.8 Å². The number of nitrogens with zero attached hydrogens (tertiary/aromatic N) is 1. The first-order chi connectivity index (χ1) is 9.30. The van der Waals surface area contributed by atoms with Crippen LogP contribution in [0.4, 0.5) is 5.69 Å². The summed E-state index contributed by atoms with van der Waals surface area (Å²) < 4.78 is 23.8. The van der Waals surface area contributed by atoms with E-state index in [9.17, 15) is 18.3 Å². The molecule has 1 N–H and O–H groups in total. The molecule has 1 aliphatic heterocycles. The molecule has 1 unspecified atom stereocenters. The van der Waals surface area contributed by atoms with Crippen molar-refractivity contribution in [1.29, 1.82) is 0 Å². The van der Waals surface area contributed by atoms with E-state index in [4.69, 9.17) is 0 Å². The third-order valence-electron chi connectivity index (χ3n) is 3.27. The summed E-state index contributed by atoms with van der Waals surface area (Å²) in [6, 6.07) is 5.09. The maximum absolute atomic E-state index is 11.9. The van der Waals surface area contributed by atoms with Gasteiger partial charge in [-0.05, 0) is 19.1 Å². The van der Waals surface area contributed by atoms with E-state index in [1.165, 1.54) is 6.26 Å². The van der Waals surface area contributed by atoms with E-state index < -0.39 is 21.2 Å². The van der Waals surface area contributed by atoms with Crippen molar-refractivity contribution >= 4 is 33.3 Å². The fraction of sp³-hybridized carbons (Fsp3) is 0.462. The Bertz CT molecular complexity index is 627. The van der Waals surface area contributed by atoms with Gasteiger partial charge in [-0.25, -0.2) is 13.2 Å². The minimum absolute atomic E-state index is 0.158. The highest BCUT2D eigenvalue weighted by molar-refractivity contribution is 8.01. The summed E-state index contributed by atoms with van der Waals surface area (Å²) in [6.07, 6.45) is 1.20. The van der Waals surface area contributed by atoms with Crippen molar-refractivity contribution in [2.45, 2.75) is 12.3 Å². The van der Waals surface area contributed by atoms with Gasteiger partial charge in [0.25, 0.3) is 0 Å². The summed E-state index contributed by atoms with van der Waals surface area (Å²) >= 11 is 1.58. The van der Waals surface area contributed by atoms with E-state index in [1.807, 2.05) is 13.0 Å². The first-order valence-electron chi connectivity index (χ1n) is 6.18. The first kappa shape index (κ1) is 15.2. The van der Waals surface area contributed by atoms with Crippen LogP contribution in [-0.2, 0) is 9.84 Å². The lowest BCUT2D eigenvalue weighted by molar-refractivity contribution is 0.0697. The van der Waals surface area contributed by atoms with E-state index in [2.05, 4.69) is 0 Å². The molecule has 0 aliphatic carbocycles. The summed E-state index contributed by atoms with van der Waals surface area (Å²) in [6.45, 7) is 2.35. The average molecular weight is 315 g/mol. The monoisotopic (exact) mass is 315 g/mol. The predicted octanol–water partition coefficient (Wildman–Crippen LogP) is 1.62. The fourth-order valence-corrected chi connectivity index (χ4v) is 5.12. The molecule has 1 aromatic carbocycles. The lowest BCUT2D eigenvalue weighted by Gasteiger charge is -2.36. The molecule has 0 amide bonds. The molecule has 0 bridgehead atoms. The standard InChI is InChI=1S/C13H17NO4S2/c1-9-3-4-11(10(7-9)13(15)16)14-5-6-19-8-12(14)20(2,17)18/h3-4,7,12H,5-6,8H2,1-2H3,(H,15,16). The number of carboxylic acids is 1. The van der Waals surface area contributed by atoms with Crippen molar-refractivity contribution in [2.75, 3.05) is 29.2 Å². The molecular weight excluding hydrogens is 298 g/mol. The molecule has 1 heterocycles. The highest BCUT2D eigenvalue weighted by Gasteiger charge is 2.33. The summed E-state index contributed by atoms with van der Waals surface area (Å²) in [5.41, 5.74) is 1.48. The molecule has 5 nitrogen and oxygen atoms in total. The van der Waals surface area contributed by atoms with Crippen molar-refractivity contribution in [1.82, 2.24) is 0 Å². The van der Waals surface area contributed by atoms with Crippen LogP contribution in [0.15, 0.2) is 18.2 Å². The molecule has 1 aliphatic rings. The molecule has 0 spiro atoms. The second kappa shape index (κ2) is 5.65. The largest absolute Gasteiger partial charge is 0.478 e. The van der Waals surface area contributed by atoms with Crippen LogP contribution >= 0.6 is 11.8 Å². The van der Waals surface area contributed by atoms with Crippen molar-refractivity contribution in [2.24, 2.45) is 0 Å². The Labute approximate surface area is 122 Å². The van der Waals surface area contributed by atoms with Crippen LogP contribution in [-0.4, -0.2) is 49.2 Å². The van der Waals surface area contributed by atoms with Gasteiger partial charge in [0.1, 0.15) is 5.37 Å². The number of sulfone groups is 1. The molecule has 7 heteroatoms. The SMILES string of the molecule is Cc1ccc(N2CCSCC2S(C)(=O)=O)c(C(=O)O)c1. The van der Waals surface area contributed by atoms with Gasteiger partial charge in [-0.15, -0.1) is 0 Å². The Kier molecular flexibility index (Phi) is 4.29. The van der Waals surface area contributed by atoms with Gasteiger partial charge in [0, 0.05) is 24.3 Å². The Morgan fingerprint density at radius 2 is 2.15 bits per heavy atom. The molecular formula is C13H17NO4S2. The molecule has 0 aromatic heterocycles. The number of carboxylic acid groups (broad SMARTS) is 1. The minimum atomic E-state index is -3.26. The minimum Gasteiger partial charge on any atom is -0.478 e. The zero-order valence-corrected chi connectivity index (χ0v) is 13.0. The number of carbonyl (C=O) groups is 1. The Morgan fingerprint density at radius 1 is 1.45 bits per heavy atom. The summed E-state index contributed by atoms with van der Waals surface area (Å²) in [5, 5.41) is 8.66. The third kappa shape index (κ3) is 3.09. The van der Waals surface area contributed by atoms with Crippen LogP contribution in [0.3, 0.4) is 0 Å². The molecule has 0 radical (unpaired) electrons. The molecule has 1 aromatic rings. The predicted molar refractivity (Wildman–Crippen MR) is 81.4 cm³/mol. The van der Waals surface area contributed by atoms with E-state index in [0.29, 0.717) is 18.0 Å². The number of hydrogen-bond acceptors (Lipinski definition) is 5. The normalized spacial score (nSPS) is 19.9. The molecule has 0 saturated carbocycles. The van der Waals surface area contributed by atoms with Crippen molar-refractivity contribution in [3.63, 3.8) is 0 Å². The maximum atomic E-state index is 11.9. The van der Waals surface area contributed by atoms with E-state index in [0.717, 1.165) is 11.3 Å². The zero-order valence-electron chi connectivity index (χ0n) is 11.4. The second-order valence-electron chi connectivity index (χ2n) is 4.88. The highest BCUT2D eigenvalue weighted by Crippen LogP contribution is 2.30. The quantitative estimate of drug-likeness (QED) is 0.913. The van der Waals surface area contributed by atoms with Crippen LogP contribution in [0.5, 0.6) is 0 Å². The van der Waals surface area contributed by atoms with Gasteiger partial charge in [0.05, 0.1) is 11.3 Å². The number of thioether (sulfide) groups is 1. The van der Waals surface area contributed by atoms with Crippen LogP contribution in [0.2, 0.25) is 0 Å². The van der Waals surface area contributed by atoms with Crippen molar-refractivity contribution in [3.05, 3.63) is 29.3 Å². The molecule has 1 fully saturated rings. The van der Waals surface area contributed by atoms with Gasteiger partial charge in [-0.1, -0.05) is 11.6 Å². The molecule has 1 saturated heterocycles. The number of benzene rings is 1. The second-order valence-corrected chi connectivity index (χ2v) is 8.23. The lowest BCUT2D eigenvalue weighted by Crippen LogP contribution is -2.47. The number of hydrogen-bond donors (Lipinski definition) is 1. The Hall–Kier alpha value is -1.21. The van der Waals surface area contributed by atoms with Crippen molar-refractivity contribution < 1.29 is 18.3 Å². The zero-order chi connectivity index (χ0) is 14.9. The molecule has 20 heavy (non-hydrogen) atoms. The van der Waals surface area contributed by atoms with Gasteiger partial charge < -0.3 is 10.0 Å². The van der Waals surface area contributed by atoms with Crippen LogP contribution in [0, 0.1) is 6.92 Å². The number of anilines is 1. The number of aryl methyl sites for hydroxylation is 1. The Balaban J connectivity index is 2.50. The van der Waals surface area contributed by atoms with E-state index in [-0.39, 0.29) is 5.56 Å². The maximum Gasteiger partial charge on any atom is 0.337 e. The van der Waals surface area contributed by atoms with Crippen molar-refractivity contribution in [3.8, 4) is 0 Å². The van der Waals surface area contributed by atoms with Gasteiger partial charge >= 0.3 is 5.97 Å². The summed E-state index contributed by atoms with van der Waals surface area (Å²) in [5.74, 6) is 0.222. The third-order valence-corrected chi connectivity index (χ3v) is 5.91. The van der Waals surface area contributed by atoms with E-state index in [1.54, 1.807) is 28.8 Å². The van der Waals surface area contributed by atoms with Crippen LogP contribution in [0.1, 0.15) is 15.9 Å². The average Bonchev–Trinajstić information content (AvgIpc) is 2.37. The van der Waals surface area contributed by atoms with Gasteiger partial charge in [0.15, 0.2) is 9.84 Å². The number of rotatable bonds is 3.